The summed E-state index contributed by atoms with van der Waals surface area (Å²) in [4.78, 5) is 32.8. The third kappa shape index (κ3) is 8.02. The molecule has 2 aromatic rings. The molecule has 0 heterocycles. The van der Waals surface area contributed by atoms with Gasteiger partial charge in [0.25, 0.3) is 0 Å². The van der Waals surface area contributed by atoms with Crippen LogP contribution in [0, 0.1) is 0 Å². The van der Waals surface area contributed by atoms with Crippen molar-refractivity contribution in [3.8, 4) is 17.2 Å². The van der Waals surface area contributed by atoms with Crippen LogP contribution in [0.1, 0.15) is 29.3 Å². The van der Waals surface area contributed by atoms with Crippen LogP contribution in [0.15, 0.2) is 54.6 Å². The second kappa shape index (κ2) is 14.4. The number of methoxy groups -OCH3 is 3. The smallest absolute Gasteiger partial charge is 0.338 e. The minimum absolute atomic E-state index is 0.255. The van der Waals surface area contributed by atoms with Gasteiger partial charge in [-0.05, 0) is 24.3 Å². The first-order valence-electron chi connectivity index (χ1n) is 11.0. The van der Waals surface area contributed by atoms with E-state index in [1.54, 1.807) is 12.1 Å². The summed E-state index contributed by atoms with van der Waals surface area (Å²) >= 11 is 0. The molecule has 10 heteroatoms. The van der Waals surface area contributed by atoms with E-state index in [9.17, 15) is 24.6 Å². The summed E-state index contributed by atoms with van der Waals surface area (Å²) in [5.74, 6) is -2.27. The number of aliphatic carboxylic acids is 2. The van der Waals surface area contributed by atoms with Crippen LogP contribution >= 0.6 is 0 Å². The molecule has 1 unspecified atom stereocenters. The number of carboxylic acids is 2. The molecule has 10 nitrogen and oxygen atoms in total. The highest BCUT2D eigenvalue weighted by molar-refractivity contribution is 5.91. The molecule has 0 saturated carbocycles. The van der Waals surface area contributed by atoms with Crippen molar-refractivity contribution in [3.05, 3.63) is 65.7 Å². The molecule has 0 bridgehead atoms. The minimum Gasteiger partial charge on any atom is -0.545 e. The van der Waals surface area contributed by atoms with Crippen molar-refractivity contribution >= 4 is 17.9 Å². The highest BCUT2D eigenvalue weighted by Crippen LogP contribution is 2.38. The Morgan fingerprint density at radius 2 is 1.39 bits per heavy atom. The fourth-order valence-corrected chi connectivity index (χ4v) is 3.54. The van der Waals surface area contributed by atoms with E-state index >= 15 is 0 Å². The van der Waals surface area contributed by atoms with Crippen LogP contribution in [0.4, 0.5) is 0 Å². The van der Waals surface area contributed by atoms with Gasteiger partial charge in [0, 0.05) is 12.0 Å². The van der Waals surface area contributed by atoms with Crippen LogP contribution in [0.2, 0.25) is 0 Å². The number of hydrogen-bond donors (Lipinski definition) is 1. The fraction of sp³-hybridized carbons (Fsp3) is 0.346. The Morgan fingerprint density at radius 3 is 1.75 bits per heavy atom. The molecule has 0 spiro atoms. The molecular formula is C26H32NO9-. The van der Waals surface area contributed by atoms with E-state index in [0.29, 0.717) is 35.0 Å². The van der Waals surface area contributed by atoms with Gasteiger partial charge in [-0.15, -0.1) is 0 Å². The van der Waals surface area contributed by atoms with Gasteiger partial charge in [-0.25, -0.2) is 4.79 Å². The van der Waals surface area contributed by atoms with Crippen molar-refractivity contribution in [2.75, 3.05) is 42.0 Å². The van der Waals surface area contributed by atoms with Gasteiger partial charge in [-0.3, -0.25) is 0 Å². The fourth-order valence-electron chi connectivity index (χ4n) is 3.54. The Bertz CT molecular complexity index is 1010. The molecule has 0 aliphatic heterocycles. The van der Waals surface area contributed by atoms with E-state index in [1.165, 1.54) is 26.2 Å². The predicted octanol–water partition coefficient (Wildman–Crippen LogP) is -0.638. The van der Waals surface area contributed by atoms with Crippen molar-refractivity contribution in [3.63, 3.8) is 0 Å². The Hall–Kier alpha value is -4.05. The average molecular weight is 503 g/mol. The van der Waals surface area contributed by atoms with Crippen molar-refractivity contribution < 1.29 is 48.4 Å². The second-order valence-electron chi connectivity index (χ2n) is 7.76. The number of quaternary nitrogens is 1. The zero-order valence-electron chi connectivity index (χ0n) is 21.3. The standard InChI is InChI=1S/C22H29NO5.C4H4O4/c1-7-22(23(2)3,17-11-9-8-10-12-17)15-28-21(24)16-13-18(25-4)20(27-6)19(14-16)26-5;5-3(6)1-2-4(7)8/h8-14H,7,15H2,1-6H3;1-2H,(H,5,6)(H,7,8)/p-1/b;2-1-. The van der Waals surface area contributed by atoms with Crippen LogP contribution in [0.5, 0.6) is 17.2 Å². The molecule has 1 N–H and O–H groups in total. The van der Waals surface area contributed by atoms with Gasteiger partial charge in [-0.1, -0.05) is 37.3 Å². The molecule has 0 aromatic heterocycles. The Morgan fingerprint density at radius 1 is 0.889 bits per heavy atom. The first-order chi connectivity index (χ1) is 17.1. The molecule has 36 heavy (non-hydrogen) atoms. The molecule has 2 aromatic carbocycles. The van der Waals surface area contributed by atoms with Crippen LogP contribution in [0.3, 0.4) is 0 Å². The van der Waals surface area contributed by atoms with Crippen LogP contribution in [0.25, 0.3) is 0 Å². The summed E-state index contributed by atoms with van der Waals surface area (Å²) in [6, 6.07) is 13.3. The van der Waals surface area contributed by atoms with Crippen LogP contribution < -0.4 is 29.3 Å². The maximum absolute atomic E-state index is 12.8. The highest BCUT2D eigenvalue weighted by Gasteiger charge is 2.38. The lowest BCUT2D eigenvalue weighted by molar-refractivity contribution is -0.925. The van der Waals surface area contributed by atoms with Gasteiger partial charge in [0.05, 0.1) is 52.9 Å². The maximum Gasteiger partial charge on any atom is 0.338 e. The Balaban J connectivity index is 0.000000697. The molecule has 0 fully saturated rings. The summed E-state index contributed by atoms with van der Waals surface area (Å²) in [6.45, 7) is 2.36. The Kier molecular flexibility index (Phi) is 12.0. The monoisotopic (exact) mass is 502 g/mol. The molecule has 0 aliphatic carbocycles. The zero-order chi connectivity index (χ0) is 27.3. The van der Waals surface area contributed by atoms with Crippen molar-refractivity contribution in [2.24, 2.45) is 0 Å². The van der Waals surface area contributed by atoms with Crippen LogP contribution in [-0.2, 0) is 19.9 Å². The quantitative estimate of drug-likeness (QED) is 0.314. The lowest BCUT2D eigenvalue weighted by atomic mass is 9.87. The van der Waals surface area contributed by atoms with Gasteiger partial charge < -0.3 is 43.6 Å². The topological polar surface area (TPSA) is 139 Å². The first-order valence-corrected chi connectivity index (χ1v) is 11.0. The molecule has 1 atom stereocenters. The average Bonchev–Trinajstić information content (AvgIpc) is 2.87. The number of rotatable bonds is 11. The van der Waals surface area contributed by atoms with Gasteiger partial charge in [0.2, 0.25) is 5.75 Å². The molecule has 0 aliphatic rings. The molecule has 0 amide bonds. The first kappa shape index (κ1) is 30.0. The SMILES string of the molecule is CCC(COC(=O)c1cc(OC)c(OC)c(OC)c1)(c1ccccc1)[NH+](C)C.O=C([O-])/C=C\C(=O)[O-]. The number of carbonyl (C=O) groups excluding carboxylic acids is 3. The number of nitrogens with one attached hydrogen (secondary N) is 1. The summed E-state index contributed by atoms with van der Waals surface area (Å²) in [5.41, 5.74) is 1.15. The third-order valence-electron chi connectivity index (χ3n) is 5.59. The van der Waals surface area contributed by atoms with Gasteiger partial charge in [-0.2, -0.15) is 0 Å². The van der Waals surface area contributed by atoms with Gasteiger partial charge in [0.15, 0.2) is 23.6 Å². The highest BCUT2D eigenvalue weighted by atomic mass is 16.5. The van der Waals surface area contributed by atoms with E-state index in [2.05, 4.69) is 33.2 Å². The summed E-state index contributed by atoms with van der Waals surface area (Å²) in [7, 11) is 8.69. The maximum atomic E-state index is 12.8. The van der Waals surface area contributed by atoms with Crippen molar-refractivity contribution in [1.29, 1.82) is 0 Å². The number of esters is 1. The lowest BCUT2D eigenvalue weighted by Gasteiger charge is -2.35. The van der Waals surface area contributed by atoms with E-state index in [4.69, 9.17) is 18.9 Å². The zero-order valence-corrected chi connectivity index (χ0v) is 21.3. The molecule has 2 rings (SSSR count). The summed E-state index contributed by atoms with van der Waals surface area (Å²) in [5, 5.41) is 18.8. The molecule has 0 radical (unpaired) electrons. The van der Waals surface area contributed by atoms with E-state index in [-0.39, 0.29) is 12.1 Å². The number of carbonyl (C=O) groups is 3. The van der Waals surface area contributed by atoms with Gasteiger partial charge in [0.1, 0.15) is 0 Å². The van der Waals surface area contributed by atoms with Crippen molar-refractivity contribution in [1.82, 2.24) is 0 Å². The van der Waals surface area contributed by atoms with Crippen molar-refractivity contribution in [2.45, 2.75) is 18.9 Å². The molecular weight excluding hydrogens is 470 g/mol. The minimum atomic E-state index is -1.55. The van der Waals surface area contributed by atoms with E-state index in [1.807, 2.05) is 18.2 Å². The van der Waals surface area contributed by atoms with Crippen LogP contribution in [-0.4, -0.2) is 59.9 Å². The lowest BCUT2D eigenvalue weighted by Crippen LogP contribution is -3.14. The summed E-state index contributed by atoms with van der Waals surface area (Å²) in [6.07, 6.45) is 1.59. The number of ether oxygens (including phenoxy) is 4. The predicted molar refractivity (Wildman–Crippen MR) is 127 cm³/mol. The number of hydrogen-bond acceptors (Lipinski definition) is 9. The Labute approximate surface area is 210 Å². The van der Waals surface area contributed by atoms with Gasteiger partial charge >= 0.3 is 5.97 Å². The second-order valence-corrected chi connectivity index (χ2v) is 7.76. The molecule has 0 saturated heterocycles. The molecule has 196 valence electrons. The van der Waals surface area contributed by atoms with E-state index in [0.717, 1.165) is 12.0 Å². The normalized spacial score (nSPS) is 12.2. The summed E-state index contributed by atoms with van der Waals surface area (Å²) < 4.78 is 21.7. The number of carboxylic acid groups (broad SMARTS) is 2. The number of likely N-dealkylation sites (N-methyl/N-ethyl adjacent to an activating group) is 1. The largest absolute Gasteiger partial charge is 0.545 e. The number of benzene rings is 2. The third-order valence-corrected chi connectivity index (χ3v) is 5.59. The van der Waals surface area contributed by atoms with E-state index < -0.39 is 17.9 Å².